The number of amides is 1. The molecule has 26 heavy (non-hydrogen) atoms. The first-order valence-electron chi connectivity index (χ1n) is 8.93. The fourth-order valence-electron chi connectivity index (χ4n) is 3.22. The number of hydrogen-bond donors (Lipinski definition) is 2. The molecule has 0 bridgehead atoms. The topological polar surface area (TPSA) is 58.2 Å². The molecule has 0 radical (unpaired) electrons. The number of ketones is 1. The third kappa shape index (κ3) is 5.68. The molecule has 1 saturated heterocycles. The summed E-state index contributed by atoms with van der Waals surface area (Å²) in [6.07, 6.45) is 3.75. The number of benzene rings is 2. The molecule has 2 aromatic rings. The molecule has 1 aliphatic rings. The summed E-state index contributed by atoms with van der Waals surface area (Å²) in [4.78, 5) is 24.7. The Morgan fingerprint density at radius 2 is 1.65 bits per heavy atom. The molecule has 5 heteroatoms. The van der Waals surface area contributed by atoms with Crippen LogP contribution in [-0.4, -0.2) is 24.8 Å². The molecule has 2 aromatic carbocycles. The molecule has 1 heterocycles. The first-order chi connectivity index (χ1) is 12.2. The Hall–Kier alpha value is -2.17. The standard InChI is InChI=1S/C21H24N2O2.ClH/c24-20(10-9-16-11-13-22-14-12-16)23-19-8-4-7-18(15-19)21(25)17-5-2-1-3-6-17;/h1-8,15-16,22H,9-14H2,(H,23,24);1H. The van der Waals surface area contributed by atoms with Gasteiger partial charge in [0.05, 0.1) is 0 Å². The summed E-state index contributed by atoms with van der Waals surface area (Å²) in [5.74, 6) is 0.618. The monoisotopic (exact) mass is 372 g/mol. The van der Waals surface area contributed by atoms with Gasteiger partial charge in [-0.05, 0) is 50.4 Å². The summed E-state index contributed by atoms with van der Waals surface area (Å²) in [7, 11) is 0. The van der Waals surface area contributed by atoms with Crippen molar-refractivity contribution in [3.63, 3.8) is 0 Å². The molecule has 0 unspecified atom stereocenters. The Morgan fingerprint density at radius 1 is 0.962 bits per heavy atom. The number of hydrogen-bond acceptors (Lipinski definition) is 3. The summed E-state index contributed by atoms with van der Waals surface area (Å²) >= 11 is 0. The highest BCUT2D eigenvalue weighted by Crippen LogP contribution is 2.19. The fraction of sp³-hybridized carbons (Fsp3) is 0.333. The Labute approximate surface area is 160 Å². The maximum absolute atomic E-state index is 12.5. The van der Waals surface area contributed by atoms with Gasteiger partial charge >= 0.3 is 0 Å². The van der Waals surface area contributed by atoms with Crippen LogP contribution >= 0.6 is 12.4 Å². The highest BCUT2D eigenvalue weighted by atomic mass is 35.5. The van der Waals surface area contributed by atoms with Crippen LogP contribution in [0.25, 0.3) is 0 Å². The van der Waals surface area contributed by atoms with Gasteiger partial charge in [-0.15, -0.1) is 12.4 Å². The second kappa shape index (κ2) is 10.1. The molecule has 0 aliphatic carbocycles. The minimum Gasteiger partial charge on any atom is -0.326 e. The molecular formula is C21H25ClN2O2. The number of carbonyl (C=O) groups excluding carboxylic acids is 2. The molecule has 0 atom stereocenters. The van der Waals surface area contributed by atoms with Crippen molar-refractivity contribution in [2.24, 2.45) is 5.92 Å². The van der Waals surface area contributed by atoms with E-state index in [1.807, 2.05) is 24.3 Å². The Kier molecular flexibility index (Phi) is 7.82. The van der Waals surface area contributed by atoms with E-state index in [4.69, 9.17) is 0 Å². The molecule has 1 amide bonds. The van der Waals surface area contributed by atoms with Gasteiger partial charge in [-0.3, -0.25) is 9.59 Å². The highest BCUT2D eigenvalue weighted by Gasteiger charge is 2.15. The zero-order chi connectivity index (χ0) is 17.5. The number of nitrogens with one attached hydrogen (secondary N) is 2. The highest BCUT2D eigenvalue weighted by molar-refractivity contribution is 6.09. The van der Waals surface area contributed by atoms with E-state index in [9.17, 15) is 9.59 Å². The number of carbonyl (C=O) groups is 2. The molecule has 0 spiro atoms. The lowest BCUT2D eigenvalue weighted by Crippen LogP contribution is -2.28. The van der Waals surface area contributed by atoms with E-state index in [0.29, 0.717) is 29.2 Å². The Balaban J connectivity index is 0.00000243. The van der Waals surface area contributed by atoms with Gasteiger partial charge in [0.25, 0.3) is 0 Å². The molecular weight excluding hydrogens is 348 g/mol. The lowest BCUT2D eigenvalue weighted by molar-refractivity contribution is -0.116. The average molecular weight is 373 g/mol. The number of piperidine rings is 1. The van der Waals surface area contributed by atoms with Crippen LogP contribution in [0, 0.1) is 5.92 Å². The van der Waals surface area contributed by atoms with Crippen molar-refractivity contribution in [2.75, 3.05) is 18.4 Å². The molecule has 1 aliphatic heterocycles. The van der Waals surface area contributed by atoms with Crippen LogP contribution in [0.3, 0.4) is 0 Å². The Bertz CT molecular complexity index is 728. The molecule has 0 aromatic heterocycles. The second-order valence-corrected chi connectivity index (χ2v) is 6.56. The lowest BCUT2D eigenvalue weighted by atomic mass is 9.93. The van der Waals surface area contributed by atoms with Gasteiger partial charge in [-0.25, -0.2) is 0 Å². The number of anilines is 1. The van der Waals surface area contributed by atoms with Gasteiger partial charge in [0.15, 0.2) is 5.78 Å². The smallest absolute Gasteiger partial charge is 0.224 e. The van der Waals surface area contributed by atoms with Gasteiger partial charge < -0.3 is 10.6 Å². The predicted octanol–water partition coefficient (Wildman–Crippen LogP) is 4.06. The average Bonchev–Trinajstić information content (AvgIpc) is 2.67. The summed E-state index contributed by atoms with van der Waals surface area (Å²) in [5.41, 5.74) is 1.91. The summed E-state index contributed by atoms with van der Waals surface area (Å²) < 4.78 is 0. The first kappa shape index (κ1) is 20.1. The van der Waals surface area contributed by atoms with Crippen molar-refractivity contribution in [1.29, 1.82) is 0 Å². The van der Waals surface area contributed by atoms with E-state index in [1.54, 1.807) is 30.3 Å². The first-order valence-corrected chi connectivity index (χ1v) is 8.93. The SMILES string of the molecule is Cl.O=C(CCC1CCNCC1)Nc1cccc(C(=O)c2ccccc2)c1. The van der Waals surface area contributed by atoms with Crippen LogP contribution in [0.2, 0.25) is 0 Å². The maximum atomic E-state index is 12.5. The molecule has 2 N–H and O–H groups in total. The molecule has 138 valence electrons. The minimum absolute atomic E-state index is 0. The quantitative estimate of drug-likeness (QED) is 0.752. The van der Waals surface area contributed by atoms with Crippen LogP contribution in [0.5, 0.6) is 0 Å². The van der Waals surface area contributed by atoms with E-state index in [-0.39, 0.29) is 24.1 Å². The van der Waals surface area contributed by atoms with E-state index in [0.717, 1.165) is 32.4 Å². The number of rotatable bonds is 6. The van der Waals surface area contributed by atoms with Crippen molar-refractivity contribution >= 4 is 29.8 Å². The van der Waals surface area contributed by atoms with Gasteiger partial charge in [0.1, 0.15) is 0 Å². The van der Waals surface area contributed by atoms with Crippen molar-refractivity contribution in [3.8, 4) is 0 Å². The Morgan fingerprint density at radius 3 is 2.38 bits per heavy atom. The van der Waals surface area contributed by atoms with Crippen molar-refractivity contribution < 1.29 is 9.59 Å². The largest absolute Gasteiger partial charge is 0.326 e. The van der Waals surface area contributed by atoms with Crippen LogP contribution in [0.15, 0.2) is 54.6 Å². The summed E-state index contributed by atoms with van der Waals surface area (Å²) in [6, 6.07) is 16.3. The van der Waals surface area contributed by atoms with Gasteiger partial charge in [-0.2, -0.15) is 0 Å². The second-order valence-electron chi connectivity index (χ2n) is 6.56. The van der Waals surface area contributed by atoms with E-state index >= 15 is 0 Å². The molecule has 1 fully saturated rings. The zero-order valence-corrected chi connectivity index (χ0v) is 15.6. The van der Waals surface area contributed by atoms with Crippen molar-refractivity contribution in [3.05, 3.63) is 65.7 Å². The lowest BCUT2D eigenvalue weighted by Gasteiger charge is -2.22. The van der Waals surface area contributed by atoms with E-state index < -0.39 is 0 Å². The van der Waals surface area contributed by atoms with Crippen LogP contribution < -0.4 is 10.6 Å². The molecule has 4 nitrogen and oxygen atoms in total. The van der Waals surface area contributed by atoms with Gasteiger partial charge in [0.2, 0.25) is 5.91 Å². The minimum atomic E-state index is -0.0357. The molecule has 0 saturated carbocycles. The van der Waals surface area contributed by atoms with E-state index in [2.05, 4.69) is 10.6 Å². The van der Waals surface area contributed by atoms with Crippen LogP contribution in [0.4, 0.5) is 5.69 Å². The summed E-state index contributed by atoms with van der Waals surface area (Å²) in [5, 5.41) is 6.26. The van der Waals surface area contributed by atoms with Gasteiger partial charge in [-0.1, -0.05) is 42.5 Å². The van der Waals surface area contributed by atoms with Crippen LogP contribution in [0.1, 0.15) is 41.6 Å². The van der Waals surface area contributed by atoms with Gasteiger partial charge in [0, 0.05) is 23.2 Å². The maximum Gasteiger partial charge on any atom is 0.224 e. The predicted molar refractivity (Wildman–Crippen MR) is 107 cm³/mol. The number of halogens is 1. The van der Waals surface area contributed by atoms with Crippen LogP contribution in [-0.2, 0) is 4.79 Å². The van der Waals surface area contributed by atoms with E-state index in [1.165, 1.54) is 0 Å². The summed E-state index contributed by atoms with van der Waals surface area (Å²) in [6.45, 7) is 2.10. The zero-order valence-electron chi connectivity index (χ0n) is 14.7. The third-order valence-electron chi connectivity index (χ3n) is 4.68. The third-order valence-corrected chi connectivity index (χ3v) is 4.68. The molecule has 3 rings (SSSR count). The van der Waals surface area contributed by atoms with Crippen molar-refractivity contribution in [2.45, 2.75) is 25.7 Å². The van der Waals surface area contributed by atoms with Crippen molar-refractivity contribution in [1.82, 2.24) is 5.32 Å². The normalized spacial score (nSPS) is 14.3. The fourth-order valence-corrected chi connectivity index (χ4v) is 3.22.